The number of nitrogens with zero attached hydrogens (tertiary/aromatic N) is 1. The molecule has 0 aliphatic carbocycles. The van der Waals surface area contributed by atoms with E-state index in [0.717, 1.165) is 19.4 Å². The van der Waals surface area contributed by atoms with Crippen molar-refractivity contribution >= 4 is 17.7 Å². The number of anilines is 1. The lowest BCUT2D eigenvalue weighted by molar-refractivity contribution is -0.136. The van der Waals surface area contributed by atoms with E-state index in [9.17, 15) is 9.59 Å². The lowest BCUT2D eigenvalue weighted by Gasteiger charge is -2.27. The number of rotatable bonds is 4. The fraction of sp³-hybridized carbons (Fsp3) is 0.500. The predicted octanol–water partition coefficient (Wildman–Crippen LogP) is 2.97. The van der Waals surface area contributed by atoms with E-state index < -0.39 is 5.97 Å². The zero-order valence-electron chi connectivity index (χ0n) is 12.5. The van der Waals surface area contributed by atoms with Gasteiger partial charge in [-0.15, -0.1) is 0 Å². The molecule has 0 saturated carbocycles. The van der Waals surface area contributed by atoms with Gasteiger partial charge in [-0.2, -0.15) is 0 Å². The smallest absolute Gasteiger partial charge is 0.322 e. The minimum Gasteiger partial charge on any atom is -0.481 e. The Balaban J connectivity index is 2.04. The highest BCUT2D eigenvalue weighted by Crippen LogP contribution is 2.24. The maximum absolute atomic E-state index is 12.4. The molecule has 5 nitrogen and oxygen atoms in total. The Labute approximate surface area is 125 Å². The van der Waals surface area contributed by atoms with Crippen molar-refractivity contribution < 1.29 is 14.7 Å². The number of likely N-dealkylation sites (tertiary alicyclic amines) is 1. The average Bonchev–Trinajstić information content (AvgIpc) is 2.87. The molecular weight excluding hydrogens is 268 g/mol. The van der Waals surface area contributed by atoms with Gasteiger partial charge in [0.1, 0.15) is 0 Å². The fourth-order valence-electron chi connectivity index (χ4n) is 2.87. The fourth-order valence-corrected chi connectivity index (χ4v) is 2.87. The molecule has 0 bridgehead atoms. The molecule has 1 atom stereocenters. The Kier molecular flexibility index (Phi) is 4.83. The number of carboxylic acid groups (broad SMARTS) is 1. The van der Waals surface area contributed by atoms with Gasteiger partial charge in [-0.1, -0.05) is 26.0 Å². The zero-order valence-corrected chi connectivity index (χ0v) is 12.5. The first-order chi connectivity index (χ1) is 9.97. The molecule has 0 radical (unpaired) electrons. The van der Waals surface area contributed by atoms with Crippen LogP contribution in [0.2, 0.25) is 0 Å². The highest BCUT2D eigenvalue weighted by atomic mass is 16.4. The lowest BCUT2D eigenvalue weighted by Crippen LogP contribution is -2.41. The maximum Gasteiger partial charge on any atom is 0.322 e. The monoisotopic (exact) mass is 290 g/mol. The summed E-state index contributed by atoms with van der Waals surface area (Å²) >= 11 is 0. The van der Waals surface area contributed by atoms with Gasteiger partial charge >= 0.3 is 12.0 Å². The van der Waals surface area contributed by atoms with Crippen molar-refractivity contribution in [2.24, 2.45) is 5.92 Å². The molecule has 0 aromatic heterocycles. The standard InChI is InChI=1S/C16H22N2O3/c1-11(2)14-7-4-8-18(14)16(21)17-13-6-3-5-12(9-13)10-15(19)20/h3,5-6,9,11,14H,4,7-8,10H2,1-2H3,(H,17,21)(H,19,20). The van der Waals surface area contributed by atoms with Gasteiger partial charge in [0, 0.05) is 18.3 Å². The van der Waals surface area contributed by atoms with E-state index in [-0.39, 0.29) is 18.5 Å². The van der Waals surface area contributed by atoms with Crippen LogP contribution in [-0.4, -0.2) is 34.6 Å². The van der Waals surface area contributed by atoms with Crippen molar-refractivity contribution in [3.05, 3.63) is 29.8 Å². The van der Waals surface area contributed by atoms with Crippen molar-refractivity contribution in [2.45, 2.75) is 39.2 Å². The van der Waals surface area contributed by atoms with Crippen LogP contribution >= 0.6 is 0 Å². The van der Waals surface area contributed by atoms with E-state index in [0.29, 0.717) is 17.2 Å². The summed E-state index contributed by atoms with van der Waals surface area (Å²) in [6, 6.07) is 7.19. The number of hydrogen-bond donors (Lipinski definition) is 2. The summed E-state index contributed by atoms with van der Waals surface area (Å²) in [5.41, 5.74) is 1.33. The summed E-state index contributed by atoms with van der Waals surface area (Å²) in [5.74, 6) is -0.436. The van der Waals surface area contributed by atoms with Crippen molar-refractivity contribution in [2.75, 3.05) is 11.9 Å². The van der Waals surface area contributed by atoms with Crippen molar-refractivity contribution in [3.8, 4) is 0 Å². The number of amides is 2. The van der Waals surface area contributed by atoms with Crippen LogP contribution in [0.3, 0.4) is 0 Å². The van der Waals surface area contributed by atoms with Crippen LogP contribution in [0.4, 0.5) is 10.5 Å². The Morgan fingerprint density at radius 1 is 1.43 bits per heavy atom. The largest absolute Gasteiger partial charge is 0.481 e. The molecule has 1 aliphatic heterocycles. The van der Waals surface area contributed by atoms with Gasteiger partial charge in [0.2, 0.25) is 0 Å². The van der Waals surface area contributed by atoms with Crippen LogP contribution in [-0.2, 0) is 11.2 Å². The van der Waals surface area contributed by atoms with Gasteiger partial charge in [-0.25, -0.2) is 4.79 Å². The first kappa shape index (κ1) is 15.4. The predicted molar refractivity (Wildman–Crippen MR) is 81.4 cm³/mol. The van der Waals surface area contributed by atoms with E-state index >= 15 is 0 Å². The molecule has 2 N–H and O–H groups in total. The summed E-state index contributed by atoms with van der Waals surface area (Å²) in [6.45, 7) is 5.04. The average molecular weight is 290 g/mol. The molecule has 1 fully saturated rings. The van der Waals surface area contributed by atoms with E-state index in [2.05, 4.69) is 19.2 Å². The molecule has 1 aliphatic rings. The van der Waals surface area contributed by atoms with Crippen LogP contribution in [0.15, 0.2) is 24.3 Å². The van der Waals surface area contributed by atoms with E-state index in [1.54, 1.807) is 24.3 Å². The minimum absolute atomic E-state index is 0.0396. The highest BCUT2D eigenvalue weighted by molar-refractivity contribution is 5.90. The summed E-state index contributed by atoms with van der Waals surface area (Å²) in [7, 11) is 0. The molecule has 114 valence electrons. The zero-order chi connectivity index (χ0) is 15.4. The van der Waals surface area contributed by atoms with Gasteiger partial charge in [0.05, 0.1) is 6.42 Å². The lowest BCUT2D eigenvalue weighted by atomic mass is 10.0. The number of aliphatic carboxylic acids is 1. The van der Waals surface area contributed by atoms with Crippen LogP contribution in [0.1, 0.15) is 32.3 Å². The van der Waals surface area contributed by atoms with Gasteiger partial charge in [-0.05, 0) is 36.5 Å². The van der Waals surface area contributed by atoms with E-state index in [1.165, 1.54) is 0 Å². The third-order valence-electron chi connectivity index (χ3n) is 3.86. The SMILES string of the molecule is CC(C)C1CCCN1C(=O)Nc1cccc(CC(=O)O)c1. The number of nitrogens with one attached hydrogen (secondary N) is 1. The third-order valence-corrected chi connectivity index (χ3v) is 3.86. The van der Waals surface area contributed by atoms with Crippen molar-refractivity contribution in [1.29, 1.82) is 0 Å². The first-order valence-corrected chi connectivity index (χ1v) is 7.35. The molecule has 2 rings (SSSR count). The van der Waals surface area contributed by atoms with Gasteiger partial charge in [0.15, 0.2) is 0 Å². The second-order valence-electron chi connectivity index (χ2n) is 5.85. The molecule has 1 saturated heterocycles. The number of urea groups is 1. The second kappa shape index (κ2) is 6.61. The van der Waals surface area contributed by atoms with Gasteiger partial charge in [0.25, 0.3) is 0 Å². The van der Waals surface area contributed by atoms with Crippen molar-refractivity contribution in [1.82, 2.24) is 4.90 Å². The topological polar surface area (TPSA) is 69.6 Å². The Morgan fingerprint density at radius 2 is 2.19 bits per heavy atom. The molecule has 1 unspecified atom stereocenters. The normalized spacial score (nSPS) is 18.0. The molecule has 1 heterocycles. The number of hydrogen-bond acceptors (Lipinski definition) is 2. The van der Waals surface area contributed by atoms with Gasteiger partial charge < -0.3 is 15.3 Å². The second-order valence-corrected chi connectivity index (χ2v) is 5.85. The quantitative estimate of drug-likeness (QED) is 0.895. The Hall–Kier alpha value is -2.04. The number of carbonyl (C=O) groups is 2. The number of benzene rings is 1. The Morgan fingerprint density at radius 3 is 2.86 bits per heavy atom. The summed E-state index contributed by atoms with van der Waals surface area (Å²) in [6.07, 6.45) is 2.04. The molecule has 0 spiro atoms. The van der Waals surface area contributed by atoms with Crippen LogP contribution in [0, 0.1) is 5.92 Å². The van der Waals surface area contributed by atoms with E-state index in [1.807, 2.05) is 4.90 Å². The Bertz CT molecular complexity index is 528. The number of carboxylic acids is 1. The van der Waals surface area contributed by atoms with Crippen molar-refractivity contribution in [3.63, 3.8) is 0 Å². The van der Waals surface area contributed by atoms with Crippen LogP contribution in [0.25, 0.3) is 0 Å². The molecule has 1 aromatic carbocycles. The number of carbonyl (C=O) groups excluding carboxylic acids is 1. The summed E-state index contributed by atoms with van der Waals surface area (Å²) in [5, 5.41) is 11.7. The van der Waals surface area contributed by atoms with Crippen LogP contribution in [0.5, 0.6) is 0 Å². The third kappa shape index (κ3) is 3.97. The maximum atomic E-state index is 12.4. The van der Waals surface area contributed by atoms with Gasteiger partial charge in [-0.3, -0.25) is 4.79 Å². The van der Waals surface area contributed by atoms with E-state index in [4.69, 9.17) is 5.11 Å². The first-order valence-electron chi connectivity index (χ1n) is 7.35. The summed E-state index contributed by atoms with van der Waals surface area (Å²) in [4.78, 5) is 25.0. The molecule has 5 heteroatoms. The molecular formula is C16H22N2O3. The molecule has 1 aromatic rings. The summed E-state index contributed by atoms with van der Waals surface area (Å²) < 4.78 is 0. The molecule has 21 heavy (non-hydrogen) atoms. The molecule has 2 amide bonds. The van der Waals surface area contributed by atoms with Crippen LogP contribution < -0.4 is 5.32 Å². The highest BCUT2D eigenvalue weighted by Gasteiger charge is 2.30. The minimum atomic E-state index is -0.877.